The largest absolute Gasteiger partial charge is 0.375 e. The molecule has 0 radical (unpaired) electrons. The highest BCUT2D eigenvalue weighted by Gasteiger charge is 2.40. The summed E-state index contributed by atoms with van der Waals surface area (Å²) in [5.74, 6) is -0.426. The van der Waals surface area contributed by atoms with E-state index in [0.29, 0.717) is 42.0 Å². The zero-order chi connectivity index (χ0) is 15.6. The molecule has 0 atom stereocenters. The van der Waals surface area contributed by atoms with Crippen LogP contribution in [0.25, 0.3) is 0 Å². The molecule has 3 rings (SSSR count). The fourth-order valence-electron chi connectivity index (χ4n) is 2.81. The summed E-state index contributed by atoms with van der Waals surface area (Å²) in [5, 5.41) is 3.94. The van der Waals surface area contributed by atoms with Gasteiger partial charge < -0.3 is 19.7 Å². The van der Waals surface area contributed by atoms with Gasteiger partial charge in [-0.3, -0.25) is 4.79 Å². The Morgan fingerprint density at radius 3 is 2.59 bits per heavy atom. The van der Waals surface area contributed by atoms with E-state index in [9.17, 15) is 4.79 Å². The lowest BCUT2D eigenvalue weighted by atomic mass is 10.0. The lowest BCUT2D eigenvalue weighted by Crippen LogP contribution is -2.48. The second-order valence-electron chi connectivity index (χ2n) is 5.44. The number of anilines is 1. The molecule has 1 spiro atoms. The number of carbonyl (C=O) groups is 1. The van der Waals surface area contributed by atoms with Crippen molar-refractivity contribution >= 4 is 34.8 Å². The molecule has 120 valence electrons. The lowest BCUT2D eigenvalue weighted by molar-refractivity contribution is -0.187. The second kappa shape index (κ2) is 6.62. The van der Waals surface area contributed by atoms with Crippen LogP contribution in [0.5, 0.6) is 0 Å². The minimum absolute atomic E-state index is 0.0314. The normalized spacial score (nSPS) is 20.4. The molecule has 7 heteroatoms. The summed E-state index contributed by atoms with van der Waals surface area (Å²) >= 11 is 12.0. The van der Waals surface area contributed by atoms with E-state index >= 15 is 0 Å². The molecule has 0 bridgehead atoms. The maximum atomic E-state index is 12.3. The Labute approximate surface area is 139 Å². The number of carbonyl (C=O) groups excluding carboxylic acids is 1. The van der Waals surface area contributed by atoms with Gasteiger partial charge in [-0.1, -0.05) is 29.3 Å². The van der Waals surface area contributed by atoms with Crippen molar-refractivity contribution in [2.24, 2.45) is 0 Å². The molecule has 2 aliphatic heterocycles. The van der Waals surface area contributed by atoms with Crippen LogP contribution in [0.1, 0.15) is 12.8 Å². The Bertz CT molecular complexity index is 552. The van der Waals surface area contributed by atoms with Crippen molar-refractivity contribution in [3.63, 3.8) is 0 Å². The number of benzene rings is 1. The minimum atomic E-state index is -0.458. The SMILES string of the molecule is O=C(CNc1cccc(Cl)c1Cl)N1CCC2(CC1)OCCO2. The molecule has 2 saturated heterocycles. The van der Waals surface area contributed by atoms with Gasteiger partial charge in [0.15, 0.2) is 5.79 Å². The third-order valence-corrected chi connectivity index (χ3v) is 4.89. The summed E-state index contributed by atoms with van der Waals surface area (Å²) < 4.78 is 11.3. The van der Waals surface area contributed by atoms with Crippen LogP contribution < -0.4 is 5.32 Å². The molecule has 2 heterocycles. The van der Waals surface area contributed by atoms with Gasteiger partial charge in [0.1, 0.15) is 0 Å². The van der Waals surface area contributed by atoms with Gasteiger partial charge in [0.05, 0.1) is 35.5 Å². The quantitative estimate of drug-likeness (QED) is 0.915. The van der Waals surface area contributed by atoms with Crippen LogP contribution in [-0.4, -0.2) is 49.4 Å². The molecular weight excluding hydrogens is 327 g/mol. The first-order chi connectivity index (χ1) is 10.6. The maximum Gasteiger partial charge on any atom is 0.241 e. The molecule has 2 aliphatic rings. The third-order valence-electron chi connectivity index (χ3n) is 4.07. The van der Waals surface area contributed by atoms with Crippen molar-refractivity contribution in [3.8, 4) is 0 Å². The summed E-state index contributed by atoms with van der Waals surface area (Å²) in [4.78, 5) is 14.1. The standard InChI is InChI=1S/C15H18Cl2N2O3/c16-11-2-1-3-12(14(11)17)18-10-13(20)19-6-4-15(5-7-19)21-8-9-22-15/h1-3,18H,4-10H2. The molecule has 0 aromatic heterocycles. The average molecular weight is 345 g/mol. The van der Waals surface area contributed by atoms with Gasteiger partial charge in [-0.25, -0.2) is 0 Å². The number of ether oxygens (including phenoxy) is 2. The fourth-order valence-corrected chi connectivity index (χ4v) is 3.17. The Hall–Kier alpha value is -1.01. The van der Waals surface area contributed by atoms with Gasteiger partial charge in [0.25, 0.3) is 0 Å². The number of nitrogens with zero attached hydrogens (tertiary/aromatic N) is 1. The first kappa shape index (κ1) is 15.9. The van der Waals surface area contributed by atoms with Gasteiger partial charge in [0.2, 0.25) is 5.91 Å². The highest BCUT2D eigenvalue weighted by Crippen LogP contribution is 2.32. The molecule has 22 heavy (non-hydrogen) atoms. The first-order valence-electron chi connectivity index (χ1n) is 7.33. The highest BCUT2D eigenvalue weighted by molar-refractivity contribution is 6.43. The summed E-state index contributed by atoms with van der Waals surface area (Å²) in [5.41, 5.74) is 0.665. The van der Waals surface area contributed by atoms with Crippen molar-refractivity contribution in [1.82, 2.24) is 4.90 Å². The minimum Gasteiger partial charge on any atom is -0.375 e. The molecule has 1 aromatic rings. The molecule has 1 amide bonds. The predicted molar refractivity (Wildman–Crippen MR) is 85.4 cm³/mol. The molecule has 5 nitrogen and oxygen atoms in total. The van der Waals surface area contributed by atoms with E-state index in [1.54, 1.807) is 18.2 Å². The van der Waals surface area contributed by atoms with Crippen molar-refractivity contribution < 1.29 is 14.3 Å². The number of likely N-dealkylation sites (tertiary alicyclic amines) is 1. The second-order valence-corrected chi connectivity index (χ2v) is 6.23. The van der Waals surface area contributed by atoms with Crippen molar-refractivity contribution in [3.05, 3.63) is 28.2 Å². The smallest absolute Gasteiger partial charge is 0.241 e. The van der Waals surface area contributed by atoms with E-state index in [0.717, 1.165) is 12.8 Å². The van der Waals surface area contributed by atoms with Crippen LogP contribution in [-0.2, 0) is 14.3 Å². The fraction of sp³-hybridized carbons (Fsp3) is 0.533. The summed E-state index contributed by atoms with van der Waals surface area (Å²) in [7, 11) is 0. The molecule has 2 fully saturated rings. The topological polar surface area (TPSA) is 50.8 Å². The zero-order valence-electron chi connectivity index (χ0n) is 12.1. The van der Waals surface area contributed by atoms with Gasteiger partial charge in [-0.2, -0.15) is 0 Å². The van der Waals surface area contributed by atoms with E-state index in [1.165, 1.54) is 0 Å². The van der Waals surface area contributed by atoms with E-state index in [-0.39, 0.29) is 12.5 Å². The van der Waals surface area contributed by atoms with Crippen LogP contribution in [0.4, 0.5) is 5.69 Å². The number of nitrogens with one attached hydrogen (secondary N) is 1. The molecular formula is C15H18Cl2N2O3. The Balaban J connectivity index is 1.51. The van der Waals surface area contributed by atoms with E-state index in [1.807, 2.05) is 4.90 Å². The Morgan fingerprint density at radius 1 is 1.23 bits per heavy atom. The first-order valence-corrected chi connectivity index (χ1v) is 8.09. The average Bonchev–Trinajstić information content (AvgIpc) is 2.97. The zero-order valence-corrected chi connectivity index (χ0v) is 13.6. The number of hydrogen-bond donors (Lipinski definition) is 1. The Kier molecular flexibility index (Phi) is 4.78. The van der Waals surface area contributed by atoms with E-state index in [4.69, 9.17) is 32.7 Å². The molecule has 0 unspecified atom stereocenters. The molecule has 1 N–H and O–H groups in total. The van der Waals surface area contributed by atoms with Gasteiger partial charge in [-0.15, -0.1) is 0 Å². The van der Waals surface area contributed by atoms with E-state index < -0.39 is 5.79 Å². The summed E-state index contributed by atoms with van der Waals surface area (Å²) in [6, 6.07) is 5.30. The third kappa shape index (κ3) is 3.33. The van der Waals surface area contributed by atoms with Crippen LogP contribution >= 0.6 is 23.2 Å². The van der Waals surface area contributed by atoms with Crippen LogP contribution in [0, 0.1) is 0 Å². The van der Waals surface area contributed by atoms with Gasteiger partial charge in [0, 0.05) is 25.9 Å². The van der Waals surface area contributed by atoms with Crippen LogP contribution in [0.3, 0.4) is 0 Å². The molecule has 0 aliphatic carbocycles. The number of amides is 1. The molecule has 0 saturated carbocycles. The van der Waals surface area contributed by atoms with Crippen molar-refractivity contribution in [2.45, 2.75) is 18.6 Å². The summed E-state index contributed by atoms with van der Waals surface area (Å²) in [6.07, 6.45) is 1.44. The number of halogens is 2. The van der Waals surface area contributed by atoms with Crippen molar-refractivity contribution in [2.75, 3.05) is 38.2 Å². The van der Waals surface area contributed by atoms with Crippen LogP contribution in [0.2, 0.25) is 10.0 Å². The highest BCUT2D eigenvalue weighted by atomic mass is 35.5. The van der Waals surface area contributed by atoms with Crippen molar-refractivity contribution in [1.29, 1.82) is 0 Å². The van der Waals surface area contributed by atoms with Crippen LogP contribution in [0.15, 0.2) is 18.2 Å². The monoisotopic (exact) mass is 344 g/mol. The number of piperidine rings is 1. The van der Waals surface area contributed by atoms with Gasteiger partial charge >= 0.3 is 0 Å². The Morgan fingerprint density at radius 2 is 1.91 bits per heavy atom. The summed E-state index contributed by atoms with van der Waals surface area (Å²) in [6.45, 7) is 2.76. The lowest BCUT2D eigenvalue weighted by Gasteiger charge is -2.37. The molecule has 1 aromatic carbocycles. The number of hydrogen-bond acceptors (Lipinski definition) is 4. The van der Waals surface area contributed by atoms with Gasteiger partial charge in [-0.05, 0) is 12.1 Å². The van der Waals surface area contributed by atoms with E-state index in [2.05, 4.69) is 5.32 Å². The maximum absolute atomic E-state index is 12.3. The number of rotatable bonds is 3. The predicted octanol–water partition coefficient (Wildman–Crippen LogP) is 2.77.